The summed E-state index contributed by atoms with van der Waals surface area (Å²) in [5.74, 6) is 0.983. The van der Waals surface area contributed by atoms with Gasteiger partial charge in [0.2, 0.25) is 10.0 Å². The Hall–Kier alpha value is -2.55. The number of aromatic amines is 1. The van der Waals surface area contributed by atoms with Crippen molar-refractivity contribution in [2.75, 3.05) is 13.7 Å². The molecule has 3 rings (SSSR count). The van der Waals surface area contributed by atoms with Crippen LogP contribution in [0.25, 0.3) is 11.3 Å². The number of rotatable bonds is 8. The first-order valence-corrected chi connectivity index (χ1v) is 10.4. The van der Waals surface area contributed by atoms with Crippen molar-refractivity contribution in [3.8, 4) is 22.8 Å². The van der Waals surface area contributed by atoms with Gasteiger partial charge in [-0.25, -0.2) is 13.1 Å². The number of nitrogens with one attached hydrogen (secondary N) is 2. The van der Waals surface area contributed by atoms with Gasteiger partial charge < -0.3 is 9.47 Å². The van der Waals surface area contributed by atoms with Gasteiger partial charge in [0.1, 0.15) is 16.4 Å². The van der Waals surface area contributed by atoms with Crippen molar-refractivity contribution in [2.24, 2.45) is 0 Å². The number of hydrogen-bond acceptors (Lipinski definition) is 5. The number of nitrogens with zero attached hydrogens (tertiary/aromatic N) is 1. The predicted molar refractivity (Wildman–Crippen MR) is 107 cm³/mol. The van der Waals surface area contributed by atoms with Crippen molar-refractivity contribution >= 4 is 21.6 Å². The number of sulfonamides is 1. The molecule has 0 amide bonds. The predicted octanol–water partition coefficient (Wildman–Crippen LogP) is 3.62. The van der Waals surface area contributed by atoms with Crippen LogP contribution in [0.5, 0.6) is 11.5 Å². The molecule has 0 saturated carbocycles. The molecule has 148 valence electrons. The van der Waals surface area contributed by atoms with E-state index >= 15 is 0 Å². The minimum absolute atomic E-state index is 0.0198. The van der Waals surface area contributed by atoms with Crippen LogP contribution in [0.2, 0.25) is 5.02 Å². The van der Waals surface area contributed by atoms with Gasteiger partial charge in [-0.15, -0.1) is 0 Å². The van der Waals surface area contributed by atoms with Crippen LogP contribution in [-0.2, 0) is 16.6 Å². The summed E-state index contributed by atoms with van der Waals surface area (Å²) in [5, 5.41) is 7.26. The second-order valence-corrected chi connectivity index (χ2v) is 8.02. The van der Waals surface area contributed by atoms with E-state index in [9.17, 15) is 8.42 Å². The van der Waals surface area contributed by atoms with Crippen molar-refractivity contribution in [1.82, 2.24) is 14.9 Å². The first-order chi connectivity index (χ1) is 13.4. The molecule has 1 aromatic heterocycles. The fourth-order valence-electron chi connectivity index (χ4n) is 2.69. The molecule has 0 fully saturated rings. The van der Waals surface area contributed by atoms with Gasteiger partial charge in [-0.05, 0) is 49.4 Å². The van der Waals surface area contributed by atoms with Crippen LogP contribution < -0.4 is 14.2 Å². The quantitative estimate of drug-likeness (QED) is 0.579. The van der Waals surface area contributed by atoms with Gasteiger partial charge in [-0.1, -0.05) is 11.6 Å². The third-order valence-corrected chi connectivity index (χ3v) is 5.70. The molecule has 0 unspecified atom stereocenters. The highest BCUT2D eigenvalue weighted by Crippen LogP contribution is 2.28. The Bertz CT molecular complexity index is 1050. The summed E-state index contributed by atoms with van der Waals surface area (Å²) in [4.78, 5) is -0.0198. The highest BCUT2D eigenvalue weighted by molar-refractivity contribution is 7.89. The lowest BCUT2D eigenvalue weighted by molar-refractivity contribution is 0.340. The highest BCUT2D eigenvalue weighted by atomic mass is 35.5. The number of H-pyrrole nitrogens is 1. The first kappa shape index (κ1) is 20.2. The maximum Gasteiger partial charge on any atom is 0.244 e. The zero-order chi connectivity index (χ0) is 20.1. The van der Waals surface area contributed by atoms with Crippen LogP contribution in [0.4, 0.5) is 0 Å². The van der Waals surface area contributed by atoms with E-state index in [-0.39, 0.29) is 17.2 Å². The van der Waals surface area contributed by atoms with E-state index in [1.54, 1.807) is 12.3 Å². The van der Waals surface area contributed by atoms with Crippen LogP contribution in [0.3, 0.4) is 0 Å². The summed E-state index contributed by atoms with van der Waals surface area (Å²) in [5.41, 5.74) is 2.30. The lowest BCUT2D eigenvalue weighted by atomic mass is 10.1. The SMILES string of the molecule is CCOc1ccc(-c2[nH]ncc2CNS(=O)(=O)c2cc(Cl)ccc2OC)cc1. The van der Waals surface area contributed by atoms with E-state index < -0.39 is 10.0 Å². The molecule has 0 saturated heterocycles. The summed E-state index contributed by atoms with van der Waals surface area (Å²) in [7, 11) is -2.43. The number of halogens is 1. The van der Waals surface area contributed by atoms with Crippen molar-refractivity contribution < 1.29 is 17.9 Å². The summed E-state index contributed by atoms with van der Waals surface area (Å²) in [6.07, 6.45) is 1.59. The second kappa shape index (κ2) is 8.64. The summed E-state index contributed by atoms with van der Waals surface area (Å²) in [6, 6.07) is 11.9. The fourth-order valence-corrected chi connectivity index (χ4v) is 4.13. The molecule has 2 aromatic carbocycles. The molecule has 9 heteroatoms. The van der Waals surface area contributed by atoms with Gasteiger partial charge in [-0.3, -0.25) is 5.10 Å². The third kappa shape index (κ3) is 4.46. The highest BCUT2D eigenvalue weighted by Gasteiger charge is 2.21. The Morgan fingerprint density at radius 1 is 1.18 bits per heavy atom. The van der Waals surface area contributed by atoms with Crippen molar-refractivity contribution in [2.45, 2.75) is 18.4 Å². The van der Waals surface area contributed by atoms with Crippen LogP contribution in [-0.4, -0.2) is 32.3 Å². The molecular weight excluding hydrogens is 402 g/mol. The Morgan fingerprint density at radius 2 is 1.93 bits per heavy atom. The monoisotopic (exact) mass is 421 g/mol. The lowest BCUT2D eigenvalue weighted by Crippen LogP contribution is -2.24. The molecule has 7 nitrogen and oxygen atoms in total. The van der Waals surface area contributed by atoms with Gasteiger partial charge in [0.25, 0.3) is 0 Å². The smallest absolute Gasteiger partial charge is 0.244 e. The summed E-state index contributed by atoms with van der Waals surface area (Å²) in [6.45, 7) is 2.56. The molecular formula is C19H20ClN3O4S. The average molecular weight is 422 g/mol. The third-order valence-electron chi connectivity index (χ3n) is 4.04. The Kier molecular flexibility index (Phi) is 6.23. The molecule has 0 radical (unpaired) electrons. The van der Waals surface area contributed by atoms with Gasteiger partial charge in [0, 0.05) is 22.7 Å². The lowest BCUT2D eigenvalue weighted by Gasteiger charge is -2.11. The molecule has 28 heavy (non-hydrogen) atoms. The molecule has 0 bridgehead atoms. The standard InChI is InChI=1S/C19H20ClN3O4S/c1-3-27-16-7-4-13(5-8-16)19-14(11-21-23-19)12-22-28(24,25)18-10-15(20)6-9-17(18)26-2/h4-11,22H,3,12H2,1-2H3,(H,21,23). The number of methoxy groups -OCH3 is 1. The molecule has 0 aliphatic carbocycles. The van der Waals surface area contributed by atoms with E-state index in [1.165, 1.54) is 19.2 Å². The minimum atomic E-state index is -3.84. The van der Waals surface area contributed by atoms with Crippen LogP contribution in [0.15, 0.2) is 53.6 Å². The Balaban J connectivity index is 1.81. The average Bonchev–Trinajstić information content (AvgIpc) is 3.16. The molecule has 0 atom stereocenters. The van der Waals surface area contributed by atoms with Crippen molar-refractivity contribution in [3.63, 3.8) is 0 Å². The van der Waals surface area contributed by atoms with Gasteiger partial charge in [0.05, 0.1) is 25.6 Å². The molecule has 0 aliphatic rings. The Labute approximate surface area is 168 Å². The topological polar surface area (TPSA) is 93.3 Å². The Morgan fingerprint density at radius 3 is 2.61 bits per heavy atom. The van der Waals surface area contributed by atoms with Gasteiger partial charge >= 0.3 is 0 Å². The van der Waals surface area contributed by atoms with E-state index in [0.29, 0.717) is 17.2 Å². The zero-order valence-corrected chi connectivity index (χ0v) is 17.0. The second-order valence-electron chi connectivity index (χ2n) is 5.85. The van der Waals surface area contributed by atoms with Crippen LogP contribution in [0.1, 0.15) is 12.5 Å². The van der Waals surface area contributed by atoms with E-state index in [1.807, 2.05) is 31.2 Å². The fraction of sp³-hybridized carbons (Fsp3) is 0.211. The van der Waals surface area contributed by atoms with Gasteiger partial charge in [-0.2, -0.15) is 5.10 Å². The van der Waals surface area contributed by atoms with Crippen molar-refractivity contribution in [3.05, 3.63) is 59.2 Å². The van der Waals surface area contributed by atoms with E-state index in [0.717, 1.165) is 17.0 Å². The van der Waals surface area contributed by atoms with E-state index in [2.05, 4.69) is 14.9 Å². The largest absolute Gasteiger partial charge is 0.495 e. The van der Waals surface area contributed by atoms with Crippen LogP contribution >= 0.6 is 11.6 Å². The maximum absolute atomic E-state index is 12.7. The number of benzene rings is 2. The molecule has 3 aromatic rings. The summed E-state index contributed by atoms with van der Waals surface area (Å²) < 4.78 is 38.6. The zero-order valence-electron chi connectivity index (χ0n) is 15.4. The molecule has 1 heterocycles. The minimum Gasteiger partial charge on any atom is -0.495 e. The molecule has 0 aliphatic heterocycles. The summed E-state index contributed by atoms with van der Waals surface area (Å²) >= 11 is 5.95. The number of aromatic nitrogens is 2. The number of ether oxygens (including phenoxy) is 2. The first-order valence-electron chi connectivity index (χ1n) is 8.53. The number of hydrogen-bond donors (Lipinski definition) is 2. The van der Waals surface area contributed by atoms with E-state index in [4.69, 9.17) is 21.1 Å². The normalized spacial score (nSPS) is 11.4. The van der Waals surface area contributed by atoms with Crippen molar-refractivity contribution in [1.29, 1.82) is 0 Å². The van der Waals surface area contributed by atoms with Crippen LogP contribution in [0, 0.1) is 0 Å². The molecule has 2 N–H and O–H groups in total. The molecule has 0 spiro atoms. The maximum atomic E-state index is 12.7. The van der Waals surface area contributed by atoms with Gasteiger partial charge in [0.15, 0.2) is 0 Å².